The van der Waals surface area contributed by atoms with Crippen LogP contribution < -0.4 is 10.1 Å². The Bertz CT molecular complexity index is 830. The highest BCUT2D eigenvalue weighted by molar-refractivity contribution is 9.10. The summed E-state index contributed by atoms with van der Waals surface area (Å²) in [4.78, 5) is 31.9. The summed E-state index contributed by atoms with van der Waals surface area (Å²) in [5.74, 6) is 0.464. The van der Waals surface area contributed by atoms with Gasteiger partial charge in [-0.1, -0.05) is 15.9 Å². The maximum atomic E-state index is 12.1. The second-order valence-corrected chi connectivity index (χ2v) is 5.15. The molecular weight excluding hydrogens is 364 g/mol. The van der Waals surface area contributed by atoms with Crippen molar-refractivity contribution in [2.45, 2.75) is 0 Å². The SMILES string of the molecule is O=C(Nc1cncc(Oc2cncnc2)n1)c1cc(Br)ccn1. The quantitative estimate of drug-likeness (QED) is 0.749. The van der Waals surface area contributed by atoms with E-state index in [1.807, 2.05) is 0 Å². The van der Waals surface area contributed by atoms with Crippen molar-refractivity contribution in [1.82, 2.24) is 24.9 Å². The first-order chi connectivity index (χ1) is 11.2. The van der Waals surface area contributed by atoms with Crippen molar-refractivity contribution in [1.29, 1.82) is 0 Å². The van der Waals surface area contributed by atoms with Crippen molar-refractivity contribution in [2.24, 2.45) is 0 Å². The van der Waals surface area contributed by atoms with Gasteiger partial charge in [-0.05, 0) is 12.1 Å². The van der Waals surface area contributed by atoms with Crippen LogP contribution in [0.4, 0.5) is 5.82 Å². The lowest BCUT2D eigenvalue weighted by atomic mass is 10.3. The van der Waals surface area contributed by atoms with E-state index in [2.05, 4.69) is 46.2 Å². The predicted molar refractivity (Wildman–Crippen MR) is 84.0 cm³/mol. The molecule has 0 fully saturated rings. The summed E-state index contributed by atoms with van der Waals surface area (Å²) in [6.45, 7) is 0. The van der Waals surface area contributed by atoms with Gasteiger partial charge in [-0.15, -0.1) is 0 Å². The maximum absolute atomic E-state index is 12.1. The average Bonchev–Trinajstić information content (AvgIpc) is 2.56. The largest absolute Gasteiger partial charge is 0.434 e. The Kier molecular flexibility index (Phi) is 4.48. The lowest BCUT2D eigenvalue weighted by Crippen LogP contribution is -2.14. The number of aromatic nitrogens is 5. The van der Waals surface area contributed by atoms with Crippen molar-refractivity contribution in [2.75, 3.05) is 5.32 Å². The zero-order chi connectivity index (χ0) is 16.1. The van der Waals surface area contributed by atoms with Crippen LogP contribution in [-0.4, -0.2) is 30.8 Å². The van der Waals surface area contributed by atoms with Crippen LogP contribution in [0.3, 0.4) is 0 Å². The van der Waals surface area contributed by atoms with Gasteiger partial charge in [0, 0.05) is 10.7 Å². The van der Waals surface area contributed by atoms with Crippen molar-refractivity contribution in [3.63, 3.8) is 0 Å². The second-order valence-electron chi connectivity index (χ2n) is 4.23. The van der Waals surface area contributed by atoms with Crippen LogP contribution in [0.25, 0.3) is 0 Å². The van der Waals surface area contributed by atoms with E-state index in [1.54, 1.807) is 12.1 Å². The highest BCUT2D eigenvalue weighted by atomic mass is 79.9. The van der Waals surface area contributed by atoms with Gasteiger partial charge in [0.15, 0.2) is 11.6 Å². The van der Waals surface area contributed by atoms with Gasteiger partial charge in [0.1, 0.15) is 12.0 Å². The average molecular weight is 373 g/mol. The molecule has 0 radical (unpaired) electrons. The Hall–Kier alpha value is -2.94. The summed E-state index contributed by atoms with van der Waals surface area (Å²) in [6, 6.07) is 3.33. The molecule has 0 aliphatic heterocycles. The minimum atomic E-state index is -0.402. The molecule has 3 aromatic rings. The standard InChI is InChI=1S/C14H9BrN6O2/c15-9-1-2-19-11(3-9)14(22)21-12-6-16-7-13(20-12)23-10-4-17-8-18-5-10/h1-8H,(H,20,21,22). The molecule has 0 atom stereocenters. The number of rotatable bonds is 4. The summed E-state index contributed by atoms with van der Waals surface area (Å²) in [5, 5.41) is 2.60. The van der Waals surface area contributed by atoms with Gasteiger partial charge in [0.2, 0.25) is 5.88 Å². The number of ether oxygens (including phenoxy) is 1. The van der Waals surface area contributed by atoms with E-state index in [9.17, 15) is 4.79 Å². The lowest BCUT2D eigenvalue weighted by molar-refractivity contribution is 0.102. The molecule has 1 amide bonds. The molecule has 8 nitrogen and oxygen atoms in total. The first-order valence-electron chi connectivity index (χ1n) is 6.38. The van der Waals surface area contributed by atoms with Crippen LogP contribution in [0.15, 0.2) is 53.9 Å². The molecule has 3 aromatic heterocycles. The Morgan fingerprint density at radius 3 is 2.74 bits per heavy atom. The molecule has 0 aliphatic carbocycles. The Morgan fingerprint density at radius 1 is 1.13 bits per heavy atom. The molecule has 23 heavy (non-hydrogen) atoms. The van der Waals surface area contributed by atoms with Crippen LogP contribution in [0.1, 0.15) is 10.5 Å². The van der Waals surface area contributed by atoms with Crippen molar-refractivity contribution < 1.29 is 9.53 Å². The minimum Gasteiger partial charge on any atom is -0.434 e. The third-order valence-electron chi connectivity index (χ3n) is 2.57. The number of carbonyl (C=O) groups excluding carboxylic acids is 1. The molecule has 0 aliphatic rings. The van der Waals surface area contributed by atoms with E-state index >= 15 is 0 Å². The second kappa shape index (κ2) is 6.88. The smallest absolute Gasteiger partial charge is 0.275 e. The molecule has 0 bridgehead atoms. The van der Waals surface area contributed by atoms with Crippen LogP contribution in [0, 0.1) is 0 Å². The van der Waals surface area contributed by atoms with Crippen LogP contribution in [0.2, 0.25) is 0 Å². The van der Waals surface area contributed by atoms with E-state index in [1.165, 1.54) is 37.3 Å². The van der Waals surface area contributed by atoms with Crippen LogP contribution >= 0.6 is 15.9 Å². The van der Waals surface area contributed by atoms with Gasteiger partial charge in [0.05, 0.1) is 24.8 Å². The van der Waals surface area contributed by atoms with Gasteiger partial charge in [-0.3, -0.25) is 14.8 Å². The lowest BCUT2D eigenvalue weighted by Gasteiger charge is -2.06. The fourth-order valence-corrected chi connectivity index (χ4v) is 1.96. The number of anilines is 1. The van der Waals surface area contributed by atoms with Crippen molar-refractivity contribution in [3.8, 4) is 11.6 Å². The zero-order valence-corrected chi connectivity index (χ0v) is 13.1. The predicted octanol–water partition coefficient (Wildman–Crippen LogP) is 2.47. The molecule has 114 valence electrons. The maximum Gasteiger partial charge on any atom is 0.275 e. The molecule has 0 saturated heterocycles. The summed E-state index contributed by atoms with van der Waals surface area (Å²) < 4.78 is 6.21. The van der Waals surface area contributed by atoms with E-state index in [-0.39, 0.29) is 17.4 Å². The molecule has 3 rings (SSSR count). The number of amides is 1. The zero-order valence-electron chi connectivity index (χ0n) is 11.5. The highest BCUT2D eigenvalue weighted by Crippen LogP contribution is 2.18. The van der Waals surface area contributed by atoms with Gasteiger partial charge in [-0.2, -0.15) is 4.98 Å². The monoisotopic (exact) mass is 372 g/mol. The van der Waals surface area contributed by atoms with Gasteiger partial charge >= 0.3 is 0 Å². The molecule has 0 unspecified atom stereocenters. The van der Waals surface area contributed by atoms with E-state index in [0.717, 1.165) is 4.47 Å². The molecule has 0 aromatic carbocycles. The number of hydrogen-bond donors (Lipinski definition) is 1. The first kappa shape index (κ1) is 15.0. The first-order valence-corrected chi connectivity index (χ1v) is 7.18. The van der Waals surface area contributed by atoms with Gasteiger partial charge in [-0.25, -0.2) is 9.97 Å². The summed E-state index contributed by atoms with van der Waals surface area (Å²) in [6.07, 6.45) is 8.72. The van der Waals surface area contributed by atoms with E-state index in [4.69, 9.17) is 4.74 Å². The third-order valence-corrected chi connectivity index (χ3v) is 3.06. The summed E-state index contributed by atoms with van der Waals surface area (Å²) in [7, 11) is 0. The Balaban J connectivity index is 1.74. The molecule has 9 heteroatoms. The normalized spacial score (nSPS) is 10.1. The summed E-state index contributed by atoms with van der Waals surface area (Å²) >= 11 is 3.28. The molecule has 1 N–H and O–H groups in total. The molecular formula is C14H9BrN6O2. The number of carbonyl (C=O) groups is 1. The number of nitrogens with zero attached hydrogens (tertiary/aromatic N) is 5. The topological polar surface area (TPSA) is 103 Å². The van der Waals surface area contributed by atoms with Crippen LogP contribution in [-0.2, 0) is 0 Å². The summed E-state index contributed by atoms with van der Waals surface area (Å²) in [5.41, 5.74) is 0.254. The van der Waals surface area contributed by atoms with E-state index < -0.39 is 5.91 Å². The van der Waals surface area contributed by atoms with Gasteiger partial charge in [0.25, 0.3) is 5.91 Å². The van der Waals surface area contributed by atoms with Crippen LogP contribution in [0.5, 0.6) is 11.6 Å². The number of hydrogen-bond acceptors (Lipinski definition) is 7. The number of nitrogens with one attached hydrogen (secondary N) is 1. The fourth-order valence-electron chi connectivity index (χ4n) is 1.63. The Morgan fingerprint density at radius 2 is 1.96 bits per heavy atom. The van der Waals surface area contributed by atoms with Crippen molar-refractivity contribution in [3.05, 3.63) is 59.6 Å². The molecule has 0 spiro atoms. The number of pyridine rings is 1. The molecule has 0 saturated carbocycles. The highest BCUT2D eigenvalue weighted by Gasteiger charge is 2.10. The minimum absolute atomic E-state index is 0.208. The number of halogens is 1. The fraction of sp³-hybridized carbons (Fsp3) is 0. The van der Waals surface area contributed by atoms with Crippen molar-refractivity contribution >= 4 is 27.7 Å². The third kappa shape index (κ3) is 4.04. The Labute approximate surface area is 139 Å². The van der Waals surface area contributed by atoms with E-state index in [0.29, 0.717) is 5.75 Å². The van der Waals surface area contributed by atoms with Gasteiger partial charge < -0.3 is 10.1 Å². The molecule has 3 heterocycles.